The molecular formula is C12H25N3O. The van der Waals surface area contributed by atoms with Crippen LogP contribution in [-0.2, 0) is 4.79 Å². The lowest BCUT2D eigenvalue weighted by Crippen LogP contribution is -2.48. The lowest BCUT2D eigenvalue weighted by molar-refractivity contribution is -0.122. The minimum absolute atomic E-state index is 0.0584. The quantitative estimate of drug-likeness (QED) is 0.738. The van der Waals surface area contributed by atoms with E-state index in [2.05, 4.69) is 24.1 Å². The van der Waals surface area contributed by atoms with Gasteiger partial charge in [0, 0.05) is 19.1 Å². The van der Waals surface area contributed by atoms with Crippen molar-refractivity contribution in [1.29, 1.82) is 0 Å². The molecule has 16 heavy (non-hydrogen) atoms. The molecular weight excluding hydrogens is 202 g/mol. The summed E-state index contributed by atoms with van der Waals surface area (Å²) in [6, 6.07) is -0.00192. The van der Waals surface area contributed by atoms with Gasteiger partial charge < -0.3 is 11.1 Å². The first kappa shape index (κ1) is 13.5. The molecule has 0 aliphatic carbocycles. The minimum atomic E-state index is -0.410. The zero-order valence-corrected chi connectivity index (χ0v) is 10.7. The molecule has 1 aliphatic rings. The molecule has 1 heterocycles. The van der Waals surface area contributed by atoms with Gasteiger partial charge in [-0.05, 0) is 39.2 Å². The Kier molecular flexibility index (Phi) is 5.22. The molecule has 0 aromatic carbocycles. The maximum absolute atomic E-state index is 11.3. The van der Waals surface area contributed by atoms with Crippen LogP contribution < -0.4 is 11.1 Å². The Labute approximate surface area is 98.6 Å². The zero-order chi connectivity index (χ0) is 12.1. The Morgan fingerprint density at radius 1 is 1.56 bits per heavy atom. The molecule has 4 heteroatoms. The van der Waals surface area contributed by atoms with Gasteiger partial charge in [0.2, 0.25) is 5.91 Å². The van der Waals surface area contributed by atoms with Crippen molar-refractivity contribution in [2.75, 3.05) is 19.6 Å². The van der Waals surface area contributed by atoms with Gasteiger partial charge in [-0.25, -0.2) is 0 Å². The summed E-state index contributed by atoms with van der Waals surface area (Å²) in [4.78, 5) is 13.8. The van der Waals surface area contributed by atoms with Crippen molar-refractivity contribution in [2.45, 2.75) is 45.7 Å². The average Bonchev–Trinajstić information content (AvgIpc) is 2.25. The Balaban J connectivity index is 2.28. The van der Waals surface area contributed by atoms with E-state index in [1.54, 1.807) is 6.92 Å². The molecule has 4 nitrogen and oxygen atoms in total. The summed E-state index contributed by atoms with van der Waals surface area (Å²) in [6.45, 7) is 9.17. The van der Waals surface area contributed by atoms with Crippen molar-refractivity contribution in [3.8, 4) is 0 Å². The predicted octanol–water partition coefficient (Wildman–Crippen LogP) is 0.570. The van der Waals surface area contributed by atoms with Gasteiger partial charge in [0.15, 0.2) is 0 Å². The van der Waals surface area contributed by atoms with Crippen LogP contribution in [0.1, 0.15) is 33.6 Å². The van der Waals surface area contributed by atoms with Crippen LogP contribution in [0.4, 0.5) is 0 Å². The summed E-state index contributed by atoms with van der Waals surface area (Å²) in [7, 11) is 0. The van der Waals surface area contributed by atoms with Crippen LogP contribution in [0.15, 0.2) is 0 Å². The molecule has 1 amide bonds. The molecule has 0 saturated carbocycles. The van der Waals surface area contributed by atoms with Crippen molar-refractivity contribution in [3.05, 3.63) is 0 Å². The summed E-state index contributed by atoms with van der Waals surface area (Å²) in [5.41, 5.74) is 5.50. The second-order valence-corrected chi connectivity index (χ2v) is 5.13. The standard InChI is InChI=1S/C12H25N3O/c1-9-5-4-6-15(8-9)10(2)7-14-12(16)11(3)13/h9-11H,4-8,13H2,1-3H3,(H,14,16). The van der Waals surface area contributed by atoms with Gasteiger partial charge in [-0.3, -0.25) is 9.69 Å². The third-order valence-corrected chi connectivity index (χ3v) is 3.30. The van der Waals surface area contributed by atoms with Crippen LogP contribution in [0.5, 0.6) is 0 Å². The van der Waals surface area contributed by atoms with Crippen molar-refractivity contribution in [3.63, 3.8) is 0 Å². The van der Waals surface area contributed by atoms with Gasteiger partial charge in [0.1, 0.15) is 0 Å². The summed E-state index contributed by atoms with van der Waals surface area (Å²) in [6.07, 6.45) is 2.60. The molecule has 0 bridgehead atoms. The zero-order valence-electron chi connectivity index (χ0n) is 10.7. The second-order valence-electron chi connectivity index (χ2n) is 5.13. The first-order valence-corrected chi connectivity index (χ1v) is 6.28. The highest BCUT2D eigenvalue weighted by molar-refractivity contribution is 5.80. The van der Waals surface area contributed by atoms with E-state index < -0.39 is 6.04 Å². The van der Waals surface area contributed by atoms with E-state index in [1.165, 1.54) is 12.8 Å². The van der Waals surface area contributed by atoms with Crippen LogP contribution in [0.2, 0.25) is 0 Å². The maximum Gasteiger partial charge on any atom is 0.236 e. The van der Waals surface area contributed by atoms with E-state index in [4.69, 9.17) is 5.73 Å². The van der Waals surface area contributed by atoms with Gasteiger partial charge in [-0.1, -0.05) is 6.92 Å². The number of amides is 1. The number of nitrogens with zero attached hydrogens (tertiary/aromatic N) is 1. The van der Waals surface area contributed by atoms with E-state index in [1.807, 2.05) is 0 Å². The van der Waals surface area contributed by atoms with Gasteiger partial charge in [0.25, 0.3) is 0 Å². The molecule has 1 aliphatic heterocycles. The Bertz CT molecular complexity index is 230. The largest absolute Gasteiger partial charge is 0.353 e. The van der Waals surface area contributed by atoms with Crippen molar-refractivity contribution in [1.82, 2.24) is 10.2 Å². The summed E-state index contributed by atoms with van der Waals surface area (Å²) in [5.74, 6) is 0.720. The van der Waals surface area contributed by atoms with Gasteiger partial charge in [-0.15, -0.1) is 0 Å². The fourth-order valence-electron chi connectivity index (χ4n) is 2.16. The van der Waals surface area contributed by atoms with Crippen LogP contribution in [-0.4, -0.2) is 42.5 Å². The molecule has 3 unspecified atom stereocenters. The van der Waals surface area contributed by atoms with Crippen LogP contribution in [0, 0.1) is 5.92 Å². The average molecular weight is 227 g/mol. The second kappa shape index (κ2) is 6.21. The topological polar surface area (TPSA) is 58.4 Å². The number of likely N-dealkylation sites (tertiary alicyclic amines) is 1. The van der Waals surface area contributed by atoms with E-state index in [0.29, 0.717) is 12.6 Å². The molecule has 1 saturated heterocycles. The number of carbonyl (C=O) groups is 1. The predicted molar refractivity (Wildman–Crippen MR) is 66.1 cm³/mol. The first-order valence-electron chi connectivity index (χ1n) is 6.28. The molecule has 3 N–H and O–H groups in total. The fraction of sp³-hybridized carbons (Fsp3) is 0.917. The van der Waals surface area contributed by atoms with Crippen molar-refractivity contribution in [2.24, 2.45) is 11.7 Å². The lowest BCUT2D eigenvalue weighted by Gasteiger charge is -2.35. The maximum atomic E-state index is 11.3. The molecule has 1 rings (SSSR count). The van der Waals surface area contributed by atoms with Crippen LogP contribution in [0.3, 0.4) is 0 Å². The highest BCUT2D eigenvalue weighted by Gasteiger charge is 2.21. The number of nitrogens with two attached hydrogens (primary N) is 1. The Morgan fingerprint density at radius 2 is 2.25 bits per heavy atom. The Hall–Kier alpha value is -0.610. The summed E-state index contributed by atoms with van der Waals surface area (Å²) in [5, 5.41) is 2.89. The monoisotopic (exact) mass is 227 g/mol. The van der Waals surface area contributed by atoms with Crippen molar-refractivity contribution >= 4 is 5.91 Å². The normalized spacial score (nSPS) is 26.1. The number of nitrogens with one attached hydrogen (secondary N) is 1. The molecule has 0 aromatic heterocycles. The number of piperidine rings is 1. The van der Waals surface area contributed by atoms with E-state index in [0.717, 1.165) is 19.0 Å². The Morgan fingerprint density at radius 3 is 2.81 bits per heavy atom. The van der Waals surface area contributed by atoms with Gasteiger partial charge in [-0.2, -0.15) is 0 Å². The number of rotatable bonds is 4. The SMILES string of the molecule is CC1CCCN(C(C)CNC(=O)C(C)N)C1. The number of hydrogen-bond donors (Lipinski definition) is 2. The molecule has 94 valence electrons. The molecule has 1 fully saturated rings. The van der Waals surface area contributed by atoms with E-state index in [-0.39, 0.29) is 5.91 Å². The van der Waals surface area contributed by atoms with Gasteiger partial charge >= 0.3 is 0 Å². The summed E-state index contributed by atoms with van der Waals surface area (Å²) >= 11 is 0. The third kappa shape index (κ3) is 4.10. The molecule has 3 atom stereocenters. The van der Waals surface area contributed by atoms with Crippen LogP contribution >= 0.6 is 0 Å². The molecule has 0 aromatic rings. The molecule has 0 radical (unpaired) electrons. The number of carbonyl (C=O) groups excluding carboxylic acids is 1. The van der Waals surface area contributed by atoms with Crippen molar-refractivity contribution < 1.29 is 4.79 Å². The highest BCUT2D eigenvalue weighted by atomic mass is 16.2. The minimum Gasteiger partial charge on any atom is -0.353 e. The number of hydrogen-bond acceptors (Lipinski definition) is 3. The third-order valence-electron chi connectivity index (χ3n) is 3.30. The molecule has 0 spiro atoms. The fourth-order valence-corrected chi connectivity index (χ4v) is 2.16. The van der Waals surface area contributed by atoms with Crippen LogP contribution in [0.25, 0.3) is 0 Å². The smallest absolute Gasteiger partial charge is 0.236 e. The summed E-state index contributed by atoms with van der Waals surface area (Å²) < 4.78 is 0. The lowest BCUT2D eigenvalue weighted by atomic mass is 9.99. The van der Waals surface area contributed by atoms with E-state index in [9.17, 15) is 4.79 Å². The highest BCUT2D eigenvalue weighted by Crippen LogP contribution is 2.17. The van der Waals surface area contributed by atoms with E-state index >= 15 is 0 Å². The van der Waals surface area contributed by atoms with Gasteiger partial charge in [0.05, 0.1) is 6.04 Å². The first-order chi connectivity index (χ1) is 7.50.